The molecule has 3 aromatic rings. The zero-order valence-electron chi connectivity index (χ0n) is 19.2. The van der Waals surface area contributed by atoms with E-state index in [0.717, 1.165) is 0 Å². The van der Waals surface area contributed by atoms with E-state index in [2.05, 4.69) is 10.3 Å². The van der Waals surface area contributed by atoms with E-state index in [9.17, 15) is 9.59 Å². The average Bonchev–Trinajstić information content (AvgIpc) is 3.09. The highest BCUT2D eigenvalue weighted by molar-refractivity contribution is 6.36. The Kier molecular flexibility index (Phi) is 6.77. The minimum atomic E-state index is -0.443. The van der Waals surface area contributed by atoms with Crippen LogP contribution in [0.1, 0.15) is 18.2 Å². The molecule has 0 spiro atoms. The van der Waals surface area contributed by atoms with Gasteiger partial charge in [0.15, 0.2) is 0 Å². The summed E-state index contributed by atoms with van der Waals surface area (Å²) in [6.45, 7) is 2.49. The van der Waals surface area contributed by atoms with Gasteiger partial charge in [0.25, 0.3) is 11.8 Å². The number of nitrogens with one attached hydrogen (secondary N) is 1. The first-order chi connectivity index (χ1) is 16.5. The van der Waals surface area contributed by atoms with E-state index in [-0.39, 0.29) is 17.8 Å². The number of hydrogen-bond acceptors (Lipinski definition) is 7. The molecule has 0 atom stereocenters. The number of carbonyl (C=O) groups excluding carboxylic acids is 2. The van der Waals surface area contributed by atoms with Gasteiger partial charge in [-0.15, -0.1) is 0 Å². The van der Waals surface area contributed by atoms with Crippen LogP contribution in [0.25, 0.3) is 5.57 Å². The molecule has 1 aliphatic heterocycles. The number of benzene rings is 2. The molecule has 1 aliphatic rings. The summed E-state index contributed by atoms with van der Waals surface area (Å²) in [6.07, 6.45) is 1.63. The minimum absolute atomic E-state index is 0.0612. The molecule has 2 heterocycles. The lowest BCUT2D eigenvalue weighted by Crippen LogP contribution is -2.32. The lowest BCUT2D eigenvalue weighted by atomic mass is 10.0. The van der Waals surface area contributed by atoms with E-state index >= 15 is 0 Å². The predicted molar refractivity (Wildman–Crippen MR) is 127 cm³/mol. The third-order valence-corrected chi connectivity index (χ3v) is 5.29. The monoisotopic (exact) mass is 459 g/mol. The van der Waals surface area contributed by atoms with Gasteiger partial charge in [-0.05, 0) is 36.8 Å². The highest BCUT2D eigenvalue weighted by atomic mass is 16.5. The molecule has 1 aromatic heterocycles. The van der Waals surface area contributed by atoms with Crippen molar-refractivity contribution in [2.45, 2.75) is 13.5 Å². The SMILES string of the molecule is CCOc1ccc(C2=C(Nc3cc(OC)cc(OC)c3)C(=O)N(Cc3ccccn3)C2=O)cc1. The summed E-state index contributed by atoms with van der Waals surface area (Å²) >= 11 is 0. The molecule has 8 heteroatoms. The van der Waals surface area contributed by atoms with Crippen molar-refractivity contribution in [1.29, 1.82) is 0 Å². The van der Waals surface area contributed by atoms with E-state index in [1.807, 2.05) is 13.0 Å². The topological polar surface area (TPSA) is 90.0 Å². The molecule has 0 fully saturated rings. The van der Waals surface area contributed by atoms with Gasteiger partial charge in [0.05, 0.1) is 38.6 Å². The van der Waals surface area contributed by atoms with E-state index in [1.165, 1.54) is 4.90 Å². The number of carbonyl (C=O) groups is 2. The molecule has 34 heavy (non-hydrogen) atoms. The molecule has 4 rings (SSSR count). The standard InChI is InChI=1S/C26H25N3O5/c1-4-34-20-10-8-17(9-11-20)23-24(28-19-13-21(32-2)15-22(14-19)33-3)26(31)29(25(23)30)16-18-7-5-6-12-27-18/h5-15,28H,4,16H2,1-3H3. The second-order valence-corrected chi connectivity index (χ2v) is 7.45. The van der Waals surface area contributed by atoms with Gasteiger partial charge in [-0.25, -0.2) is 0 Å². The van der Waals surface area contributed by atoms with Gasteiger partial charge in [0, 0.05) is 30.1 Å². The fourth-order valence-electron chi connectivity index (χ4n) is 3.67. The fraction of sp³-hybridized carbons (Fsp3) is 0.192. The first-order valence-electron chi connectivity index (χ1n) is 10.8. The predicted octanol–water partition coefficient (Wildman–Crippen LogP) is 3.89. The molecule has 0 aliphatic carbocycles. The van der Waals surface area contributed by atoms with Crippen molar-refractivity contribution in [3.63, 3.8) is 0 Å². The molecular formula is C26H25N3O5. The van der Waals surface area contributed by atoms with Crippen LogP contribution in [0, 0.1) is 0 Å². The Morgan fingerprint density at radius 1 is 0.882 bits per heavy atom. The van der Waals surface area contributed by atoms with Crippen LogP contribution >= 0.6 is 0 Å². The van der Waals surface area contributed by atoms with Crippen LogP contribution in [-0.4, -0.2) is 42.5 Å². The Morgan fingerprint density at radius 3 is 2.18 bits per heavy atom. The number of pyridine rings is 1. The van der Waals surface area contributed by atoms with Crippen molar-refractivity contribution in [3.05, 3.63) is 83.8 Å². The zero-order chi connectivity index (χ0) is 24.1. The maximum Gasteiger partial charge on any atom is 0.278 e. The van der Waals surface area contributed by atoms with Crippen molar-refractivity contribution < 1.29 is 23.8 Å². The Morgan fingerprint density at radius 2 is 1.59 bits per heavy atom. The van der Waals surface area contributed by atoms with Crippen LogP contribution in [0.15, 0.2) is 72.6 Å². The molecule has 2 aromatic carbocycles. The molecule has 0 bridgehead atoms. The number of aromatic nitrogens is 1. The minimum Gasteiger partial charge on any atom is -0.497 e. The van der Waals surface area contributed by atoms with Crippen molar-refractivity contribution >= 4 is 23.1 Å². The molecule has 0 saturated carbocycles. The Bertz CT molecular complexity index is 1200. The molecule has 0 unspecified atom stereocenters. The second-order valence-electron chi connectivity index (χ2n) is 7.45. The molecule has 1 N–H and O–H groups in total. The molecule has 0 saturated heterocycles. The van der Waals surface area contributed by atoms with Crippen LogP contribution < -0.4 is 19.5 Å². The van der Waals surface area contributed by atoms with E-state index in [1.54, 1.807) is 75.0 Å². The van der Waals surface area contributed by atoms with E-state index in [0.29, 0.717) is 40.8 Å². The van der Waals surface area contributed by atoms with Gasteiger partial charge in [0.1, 0.15) is 22.9 Å². The molecule has 8 nitrogen and oxygen atoms in total. The summed E-state index contributed by atoms with van der Waals surface area (Å²) in [7, 11) is 3.09. The van der Waals surface area contributed by atoms with Crippen molar-refractivity contribution in [2.24, 2.45) is 0 Å². The molecule has 0 radical (unpaired) electrons. The van der Waals surface area contributed by atoms with E-state index < -0.39 is 11.8 Å². The second kappa shape index (κ2) is 10.1. The van der Waals surface area contributed by atoms with Gasteiger partial charge >= 0.3 is 0 Å². The maximum atomic E-state index is 13.5. The van der Waals surface area contributed by atoms with Crippen LogP contribution in [0.4, 0.5) is 5.69 Å². The van der Waals surface area contributed by atoms with Crippen molar-refractivity contribution in [2.75, 3.05) is 26.1 Å². The van der Waals surface area contributed by atoms with Crippen LogP contribution in [0.3, 0.4) is 0 Å². The summed E-state index contributed by atoms with van der Waals surface area (Å²) in [5.74, 6) is 0.930. The van der Waals surface area contributed by atoms with Gasteiger partial charge in [-0.3, -0.25) is 19.5 Å². The van der Waals surface area contributed by atoms with Crippen LogP contribution in [0.2, 0.25) is 0 Å². The van der Waals surface area contributed by atoms with Gasteiger partial charge in [-0.2, -0.15) is 0 Å². The number of imide groups is 1. The first kappa shape index (κ1) is 22.8. The fourth-order valence-corrected chi connectivity index (χ4v) is 3.67. The summed E-state index contributed by atoms with van der Waals surface area (Å²) < 4.78 is 16.2. The van der Waals surface area contributed by atoms with Crippen molar-refractivity contribution in [1.82, 2.24) is 9.88 Å². The Labute approximate surface area is 197 Å². The van der Waals surface area contributed by atoms with Crippen LogP contribution in [-0.2, 0) is 16.1 Å². The zero-order valence-corrected chi connectivity index (χ0v) is 19.2. The van der Waals surface area contributed by atoms with Gasteiger partial charge in [-0.1, -0.05) is 18.2 Å². The maximum absolute atomic E-state index is 13.5. The lowest BCUT2D eigenvalue weighted by molar-refractivity contribution is -0.137. The highest BCUT2D eigenvalue weighted by Gasteiger charge is 2.39. The number of amides is 2. The van der Waals surface area contributed by atoms with Crippen molar-refractivity contribution in [3.8, 4) is 17.2 Å². The van der Waals surface area contributed by atoms with Gasteiger partial charge < -0.3 is 19.5 Å². The van der Waals surface area contributed by atoms with Gasteiger partial charge in [0.2, 0.25) is 0 Å². The lowest BCUT2D eigenvalue weighted by Gasteiger charge is -2.15. The number of nitrogens with zero attached hydrogens (tertiary/aromatic N) is 2. The normalized spacial score (nSPS) is 13.3. The largest absolute Gasteiger partial charge is 0.497 e. The smallest absolute Gasteiger partial charge is 0.278 e. The summed E-state index contributed by atoms with van der Waals surface area (Å²) in [4.78, 5) is 32.4. The summed E-state index contributed by atoms with van der Waals surface area (Å²) in [6, 6.07) is 17.6. The number of anilines is 1. The Hall–Kier alpha value is -4.33. The highest BCUT2D eigenvalue weighted by Crippen LogP contribution is 2.34. The third-order valence-electron chi connectivity index (χ3n) is 5.29. The molecular weight excluding hydrogens is 434 g/mol. The summed E-state index contributed by atoms with van der Waals surface area (Å²) in [5, 5.41) is 3.13. The number of rotatable bonds is 9. The third kappa shape index (κ3) is 4.71. The first-order valence-corrected chi connectivity index (χ1v) is 10.8. The molecule has 174 valence electrons. The van der Waals surface area contributed by atoms with Crippen LogP contribution in [0.5, 0.6) is 17.2 Å². The number of hydrogen-bond donors (Lipinski definition) is 1. The quantitative estimate of drug-likeness (QED) is 0.486. The number of ether oxygens (including phenoxy) is 3. The average molecular weight is 460 g/mol. The van der Waals surface area contributed by atoms with E-state index in [4.69, 9.17) is 14.2 Å². The number of methoxy groups -OCH3 is 2. The Balaban J connectivity index is 1.75. The summed E-state index contributed by atoms with van der Waals surface area (Å²) in [5.41, 5.74) is 2.20. The molecule has 2 amide bonds.